The van der Waals surface area contributed by atoms with E-state index < -0.39 is 17.3 Å². The third kappa shape index (κ3) is 9.21. The zero-order valence-electron chi connectivity index (χ0n) is 13.6. The molecule has 3 atom stereocenters. The minimum atomic E-state index is -1.04. The van der Waals surface area contributed by atoms with E-state index in [4.69, 9.17) is 4.74 Å². The number of rotatable bonds is 9. The van der Waals surface area contributed by atoms with Crippen LogP contribution < -0.4 is 0 Å². The largest absolute Gasteiger partial charge is 0.458 e. The van der Waals surface area contributed by atoms with Crippen LogP contribution in [0.1, 0.15) is 47.0 Å². The lowest BCUT2D eigenvalue weighted by molar-refractivity contribution is -0.145. The van der Waals surface area contributed by atoms with Gasteiger partial charge in [0.25, 0.3) is 0 Å². The number of esters is 1. The van der Waals surface area contributed by atoms with Crippen LogP contribution >= 0.6 is 0 Å². The molecule has 0 saturated heterocycles. The van der Waals surface area contributed by atoms with Crippen LogP contribution in [-0.4, -0.2) is 33.5 Å². The first kappa shape index (κ1) is 19.6. The SMILES string of the molecule is C=C[C@@](C)(O)C/C=C/[C@@](C)(O)CC[C@H](OC(C)=O)C(=C)C. The maximum absolute atomic E-state index is 11.0. The second kappa shape index (κ2) is 8.15. The highest BCUT2D eigenvalue weighted by Gasteiger charge is 2.22. The highest BCUT2D eigenvalue weighted by atomic mass is 16.5. The van der Waals surface area contributed by atoms with Crippen molar-refractivity contribution >= 4 is 5.97 Å². The van der Waals surface area contributed by atoms with E-state index in [2.05, 4.69) is 13.2 Å². The van der Waals surface area contributed by atoms with Crippen LogP contribution in [0.2, 0.25) is 0 Å². The normalized spacial score (nSPS) is 18.6. The van der Waals surface area contributed by atoms with E-state index in [1.54, 1.807) is 32.9 Å². The second-order valence-corrected chi connectivity index (χ2v) is 6.01. The molecular weight excluding hydrogens is 268 g/mol. The average Bonchev–Trinajstić information content (AvgIpc) is 2.33. The highest BCUT2D eigenvalue weighted by Crippen LogP contribution is 2.21. The van der Waals surface area contributed by atoms with Crippen LogP contribution in [0.5, 0.6) is 0 Å². The lowest BCUT2D eigenvalue weighted by atomic mass is 9.94. The fourth-order valence-electron chi connectivity index (χ4n) is 1.75. The molecule has 0 spiro atoms. The Bertz CT molecular complexity index is 405. The molecule has 0 aliphatic carbocycles. The average molecular weight is 296 g/mol. The summed E-state index contributed by atoms with van der Waals surface area (Å²) in [4.78, 5) is 11.0. The smallest absolute Gasteiger partial charge is 0.303 e. The fourth-order valence-corrected chi connectivity index (χ4v) is 1.75. The van der Waals surface area contributed by atoms with E-state index in [0.717, 1.165) is 5.57 Å². The van der Waals surface area contributed by atoms with Gasteiger partial charge in [0.2, 0.25) is 0 Å². The van der Waals surface area contributed by atoms with Crippen LogP contribution in [0.15, 0.2) is 37.0 Å². The van der Waals surface area contributed by atoms with Crippen molar-refractivity contribution in [2.24, 2.45) is 0 Å². The van der Waals surface area contributed by atoms with Gasteiger partial charge in [0.15, 0.2) is 0 Å². The molecule has 0 amide bonds. The predicted octanol–water partition coefficient (Wildman–Crippen LogP) is 2.91. The number of aliphatic hydroxyl groups is 2. The molecule has 4 heteroatoms. The van der Waals surface area contributed by atoms with E-state index in [-0.39, 0.29) is 5.97 Å². The van der Waals surface area contributed by atoms with Gasteiger partial charge < -0.3 is 14.9 Å². The van der Waals surface area contributed by atoms with E-state index in [1.807, 2.05) is 0 Å². The lowest BCUT2D eigenvalue weighted by Crippen LogP contribution is -2.26. The van der Waals surface area contributed by atoms with Gasteiger partial charge >= 0.3 is 5.97 Å². The van der Waals surface area contributed by atoms with Gasteiger partial charge in [-0.2, -0.15) is 0 Å². The van der Waals surface area contributed by atoms with Gasteiger partial charge in [0, 0.05) is 6.92 Å². The summed E-state index contributed by atoms with van der Waals surface area (Å²) < 4.78 is 5.16. The molecule has 2 N–H and O–H groups in total. The molecule has 0 radical (unpaired) electrons. The minimum absolute atomic E-state index is 0.361. The van der Waals surface area contributed by atoms with Gasteiger partial charge in [0.1, 0.15) is 6.10 Å². The quantitative estimate of drug-likeness (QED) is 0.507. The summed E-state index contributed by atoms with van der Waals surface area (Å²) in [6, 6.07) is 0. The number of ether oxygens (including phenoxy) is 1. The predicted molar refractivity (Wildman–Crippen MR) is 84.8 cm³/mol. The number of hydrogen-bond acceptors (Lipinski definition) is 4. The van der Waals surface area contributed by atoms with Crippen molar-refractivity contribution in [3.8, 4) is 0 Å². The first-order valence-corrected chi connectivity index (χ1v) is 7.08. The molecule has 0 unspecified atom stereocenters. The summed E-state index contributed by atoms with van der Waals surface area (Å²) in [5.74, 6) is -0.361. The van der Waals surface area contributed by atoms with Crippen LogP contribution in [0.4, 0.5) is 0 Å². The van der Waals surface area contributed by atoms with Gasteiger partial charge in [-0.05, 0) is 45.6 Å². The Kier molecular flexibility index (Phi) is 7.61. The van der Waals surface area contributed by atoms with Crippen LogP contribution in [0.25, 0.3) is 0 Å². The monoisotopic (exact) mass is 296 g/mol. The van der Waals surface area contributed by atoms with Crippen molar-refractivity contribution in [1.29, 1.82) is 0 Å². The first-order valence-electron chi connectivity index (χ1n) is 7.08. The number of carbonyl (C=O) groups is 1. The molecule has 0 fully saturated rings. The third-order valence-electron chi connectivity index (χ3n) is 3.22. The molecular formula is C17H28O4. The van der Waals surface area contributed by atoms with E-state index in [9.17, 15) is 15.0 Å². The maximum atomic E-state index is 11.0. The molecule has 0 aliphatic rings. The van der Waals surface area contributed by atoms with Crippen LogP contribution in [0, 0.1) is 0 Å². The molecule has 0 aromatic rings. The topological polar surface area (TPSA) is 66.8 Å². The highest BCUT2D eigenvalue weighted by molar-refractivity contribution is 5.66. The zero-order chi connectivity index (χ0) is 16.7. The Morgan fingerprint density at radius 3 is 2.29 bits per heavy atom. The van der Waals surface area contributed by atoms with Crippen molar-refractivity contribution in [2.45, 2.75) is 64.3 Å². The summed E-state index contributed by atoms with van der Waals surface area (Å²) >= 11 is 0. The molecule has 0 aromatic carbocycles. The molecule has 0 aliphatic heterocycles. The maximum Gasteiger partial charge on any atom is 0.303 e. The minimum Gasteiger partial charge on any atom is -0.458 e. The van der Waals surface area contributed by atoms with Crippen LogP contribution in [0.3, 0.4) is 0 Å². The second-order valence-electron chi connectivity index (χ2n) is 6.01. The van der Waals surface area contributed by atoms with Gasteiger partial charge in [0.05, 0.1) is 11.2 Å². The molecule has 21 heavy (non-hydrogen) atoms. The van der Waals surface area contributed by atoms with Crippen molar-refractivity contribution in [3.63, 3.8) is 0 Å². The van der Waals surface area contributed by atoms with Gasteiger partial charge in [-0.25, -0.2) is 0 Å². The molecule has 4 nitrogen and oxygen atoms in total. The van der Waals surface area contributed by atoms with Crippen molar-refractivity contribution in [1.82, 2.24) is 0 Å². The Morgan fingerprint density at radius 2 is 1.86 bits per heavy atom. The Balaban J connectivity index is 4.52. The summed E-state index contributed by atoms with van der Waals surface area (Å²) in [5, 5.41) is 20.1. The van der Waals surface area contributed by atoms with E-state index >= 15 is 0 Å². The van der Waals surface area contributed by atoms with Gasteiger partial charge in [-0.15, -0.1) is 6.58 Å². The van der Waals surface area contributed by atoms with Crippen LogP contribution in [-0.2, 0) is 9.53 Å². The molecule has 0 heterocycles. The lowest BCUT2D eigenvalue weighted by Gasteiger charge is -2.24. The molecule has 0 saturated carbocycles. The summed E-state index contributed by atoms with van der Waals surface area (Å²) in [6.07, 6.45) is 5.73. The standard InChI is InChI=1S/C17H28O4/c1-7-16(5,19)10-8-11-17(6,20)12-9-15(13(2)3)21-14(4)18/h7-8,11,15,19-20H,1-2,9-10,12H2,3-6H3/b11-8+/t15-,16+,17+/m0/s1. The Labute approximate surface area is 127 Å². The summed E-state index contributed by atoms with van der Waals surface area (Å²) in [7, 11) is 0. The molecule has 0 rings (SSSR count). The van der Waals surface area contributed by atoms with Crippen molar-refractivity contribution in [2.75, 3.05) is 0 Å². The molecule has 0 bridgehead atoms. The number of hydrogen-bond donors (Lipinski definition) is 2. The first-order chi connectivity index (χ1) is 9.49. The molecule has 0 aromatic heterocycles. The fraction of sp³-hybridized carbons (Fsp3) is 0.588. The summed E-state index contributed by atoms with van der Waals surface area (Å²) in [6.45, 7) is 13.8. The Hall–Kier alpha value is -1.39. The summed E-state index contributed by atoms with van der Waals surface area (Å²) in [5.41, 5.74) is -1.27. The Morgan fingerprint density at radius 1 is 1.29 bits per heavy atom. The third-order valence-corrected chi connectivity index (χ3v) is 3.22. The van der Waals surface area contributed by atoms with Gasteiger partial charge in [-0.3, -0.25) is 4.79 Å². The van der Waals surface area contributed by atoms with E-state index in [0.29, 0.717) is 19.3 Å². The van der Waals surface area contributed by atoms with E-state index in [1.165, 1.54) is 13.0 Å². The zero-order valence-corrected chi connectivity index (χ0v) is 13.6. The number of carbonyl (C=O) groups excluding carboxylic acids is 1. The van der Waals surface area contributed by atoms with Crippen molar-refractivity contribution in [3.05, 3.63) is 37.0 Å². The molecule has 120 valence electrons. The van der Waals surface area contributed by atoms with Crippen molar-refractivity contribution < 1.29 is 19.7 Å². The van der Waals surface area contributed by atoms with Gasteiger partial charge in [-0.1, -0.05) is 24.8 Å².